The van der Waals surface area contributed by atoms with E-state index >= 15 is 0 Å². The molecule has 2 aromatic carbocycles. The zero-order valence-corrected chi connectivity index (χ0v) is 22.8. The Morgan fingerprint density at radius 3 is 2.11 bits per heavy atom. The summed E-state index contributed by atoms with van der Waals surface area (Å²) in [5.74, 6) is 1.74. The van der Waals surface area contributed by atoms with Gasteiger partial charge in [0.1, 0.15) is 11.5 Å². The highest BCUT2D eigenvalue weighted by atomic mass is 35.5. The van der Waals surface area contributed by atoms with Crippen LogP contribution in [0.1, 0.15) is 29.9 Å². The van der Waals surface area contributed by atoms with E-state index in [9.17, 15) is 9.59 Å². The molecule has 1 fully saturated rings. The number of carbonyl (C=O) groups is 2. The minimum atomic E-state index is -0.619. The van der Waals surface area contributed by atoms with E-state index in [-0.39, 0.29) is 17.7 Å². The second-order valence-electron chi connectivity index (χ2n) is 9.90. The summed E-state index contributed by atoms with van der Waals surface area (Å²) < 4.78 is 12.9. The predicted molar refractivity (Wildman–Crippen MR) is 146 cm³/mol. The summed E-state index contributed by atoms with van der Waals surface area (Å²) in [5.41, 5.74) is 3.62. The van der Waals surface area contributed by atoms with Crippen LogP contribution in [0.5, 0.6) is 11.5 Å². The van der Waals surface area contributed by atoms with Gasteiger partial charge in [0.05, 0.1) is 30.9 Å². The molecule has 1 saturated heterocycles. The Morgan fingerprint density at radius 2 is 1.51 bits per heavy atom. The number of benzene rings is 2. The number of nitrogens with zero attached hydrogens (tertiary/aromatic N) is 3. The van der Waals surface area contributed by atoms with Crippen LogP contribution in [0.4, 0.5) is 0 Å². The molecule has 0 atom stereocenters. The molecule has 1 aromatic heterocycles. The van der Waals surface area contributed by atoms with Gasteiger partial charge in [0.25, 0.3) is 5.91 Å². The van der Waals surface area contributed by atoms with Crippen LogP contribution in [0.3, 0.4) is 0 Å². The Labute approximate surface area is 223 Å². The van der Waals surface area contributed by atoms with Gasteiger partial charge in [-0.2, -0.15) is 0 Å². The van der Waals surface area contributed by atoms with Crippen molar-refractivity contribution in [1.29, 1.82) is 0 Å². The van der Waals surface area contributed by atoms with E-state index in [0.29, 0.717) is 31.7 Å². The van der Waals surface area contributed by atoms with Crippen LogP contribution in [-0.2, 0) is 4.79 Å². The summed E-state index contributed by atoms with van der Waals surface area (Å²) in [5, 5.41) is 0. The number of hydrogen-bond acceptors (Lipinski definition) is 4. The molecule has 7 nitrogen and oxygen atoms in total. The molecule has 1 aliphatic heterocycles. The molecular formula is C29H34ClN3O4. The summed E-state index contributed by atoms with van der Waals surface area (Å²) in [7, 11) is 3.28. The van der Waals surface area contributed by atoms with E-state index in [0.717, 1.165) is 34.1 Å². The van der Waals surface area contributed by atoms with Crippen LogP contribution in [0.2, 0.25) is 0 Å². The summed E-state index contributed by atoms with van der Waals surface area (Å²) in [6, 6.07) is 17.5. The van der Waals surface area contributed by atoms with E-state index in [1.807, 2.05) is 85.2 Å². The lowest BCUT2D eigenvalue weighted by molar-refractivity contribution is -0.140. The molecule has 37 heavy (non-hydrogen) atoms. The number of piperazine rings is 1. The third kappa shape index (κ3) is 5.32. The van der Waals surface area contributed by atoms with Crippen LogP contribution < -0.4 is 9.47 Å². The Hall–Kier alpha value is -3.45. The largest absolute Gasteiger partial charge is 0.497 e. The lowest BCUT2D eigenvalue weighted by Gasteiger charge is -2.38. The second-order valence-corrected chi connectivity index (χ2v) is 10.2. The molecule has 0 spiro atoms. The Kier molecular flexibility index (Phi) is 7.83. The minimum Gasteiger partial charge on any atom is -0.497 e. The highest BCUT2D eigenvalue weighted by molar-refractivity contribution is 6.19. The van der Waals surface area contributed by atoms with Crippen molar-refractivity contribution in [1.82, 2.24) is 14.4 Å². The molecule has 0 aliphatic carbocycles. The topological polar surface area (TPSA) is 64.0 Å². The molecule has 2 heterocycles. The number of carbonyl (C=O) groups excluding carboxylic acids is 2. The Balaban J connectivity index is 1.67. The molecule has 3 aromatic rings. The molecule has 4 rings (SSSR count). The zero-order chi connectivity index (χ0) is 26.7. The fourth-order valence-corrected chi connectivity index (χ4v) is 4.76. The second kappa shape index (κ2) is 10.9. The van der Waals surface area contributed by atoms with Gasteiger partial charge in [-0.15, -0.1) is 11.6 Å². The van der Waals surface area contributed by atoms with Gasteiger partial charge in [0.15, 0.2) is 0 Å². The van der Waals surface area contributed by atoms with E-state index in [2.05, 4.69) is 4.57 Å². The quantitative estimate of drug-likeness (QED) is 0.408. The van der Waals surface area contributed by atoms with Gasteiger partial charge in [0, 0.05) is 49.5 Å². The van der Waals surface area contributed by atoms with Crippen LogP contribution in [0.25, 0.3) is 16.9 Å². The maximum Gasteiger partial charge on any atom is 0.255 e. The number of alkyl halides is 1. The highest BCUT2D eigenvalue weighted by Crippen LogP contribution is 2.33. The standard InChI is InChI=1S/C29H34ClN3O4/c1-20-25(27(34)31-13-15-32(16-14-31)28(35)29(2,3)19-30)18-26(21-9-11-23(36-4)12-10-21)33(20)22-7-6-8-24(17-22)37-5/h6-12,17-18H,13-16,19H2,1-5H3. The molecule has 0 bridgehead atoms. The molecule has 0 saturated carbocycles. The average Bonchev–Trinajstić information content (AvgIpc) is 3.29. The van der Waals surface area contributed by atoms with Crippen molar-refractivity contribution in [2.75, 3.05) is 46.3 Å². The molecule has 0 unspecified atom stereocenters. The summed E-state index contributed by atoms with van der Waals surface area (Å²) in [6.07, 6.45) is 0. The summed E-state index contributed by atoms with van der Waals surface area (Å²) in [4.78, 5) is 30.2. The maximum absolute atomic E-state index is 13.7. The number of rotatable bonds is 7. The lowest BCUT2D eigenvalue weighted by Crippen LogP contribution is -2.53. The normalized spacial score (nSPS) is 14.0. The SMILES string of the molecule is COc1ccc(-c2cc(C(=O)N3CCN(C(=O)C(C)(C)CCl)CC3)c(C)n2-c2cccc(OC)c2)cc1. The smallest absolute Gasteiger partial charge is 0.255 e. The molecule has 196 valence electrons. The minimum absolute atomic E-state index is 0.0248. The van der Waals surface area contributed by atoms with Gasteiger partial charge < -0.3 is 23.8 Å². The molecule has 0 radical (unpaired) electrons. The predicted octanol–water partition coefficient (Wildman–Crippen LogP) is 5.02. The number of amides is 2. The van der Waals surface area contributed by atoms with Crippen molar-refractivity contribution in [3.05, 3.63) is 65.9 Å². The average molecular weight is 524 g/mol. The van der Waals surface area contributed by atoms with Gasteiger partial charge in [-0.3, -0.25) is 9.59 Å². The van der Waals surface area contributed by atoms with Gasteiger partial charge in [-0.05, 0) is 68.8 Å². The number of aromatic nitrogens is 1. The van der Waals surface area contributed by atoms with Crippen molar-refractivity contribution in [3.8, 4) is 28.4 Å². The number of hydrogen-bond donors (Lipinski definition) is 0. The number of halogens is 1. The van der Waals surface area contributed by atoms with Crippen LogP contribution in [0, 0.1) is 12.3 Å². The third-order valence-corrected chi connectivity index (χ3v) is 7.61. The van der Waals surface area contributed by atoms with Crippen molar-refractivity contribution < 1.29 is 19.1 Å². The summed E-state index contributed by atoms with van der Waals surface area (Å²) in [6.45, 7) is 7.60. The van der Waals surface area contributed by atoms with Crippen LogP contribution in [-0.4, -0.2) is 72.5 Å². The zero-order valence-electron chi connectivity index (χ0n) is 22.1. The fraction of sp³-hybridized carbons (Fsp3) is 0.379. The molecule has 2 amide bonds. The van der Waals surface area contributed by atoms with Gasteiger partial charge >= 0.3 is 0 Å². The number of ether oxygens (including phenoxy) is 2. The fourth-order valence-electron chi connectivity index (χ4n) is 4.65. The monoisotopic (exact) mass is 523 g/mol. The molecular weight excluding hydrogens is 490 g/mol. The van der Waals surface area contributed by atoms with E-state index < -0.39 is 5.41 Å². The molecule has 0 N–H and O–H groups in total. The first-order valence-electron chi connectivity index (χ1n) is 12.4. The Bertz CT molecular complexity index is 1270. The van der Waals surface area contributed by atoms with Gasteiger partial charge in [-0.25, -0.2) is 0 Å². The summed E-state index contributed by atoms with van der Waals surface area (Å²) >= 11 is 6.01. The van der Waals surface area contributed by atoms with Crippen molar-refractivity contribution in [3.63, 3.8) is 0 Å². The highest BCUT2D eigenvalue weighted by Gasteiger charge is 2.34. The van der Waals surface area contributed by atoms with E-state index in [1.165, 1.54) is 0 Å². The first kappa shape index (κ1) is 26.6. The first-order valence-corrected chi connectivity index (χ1v) is 12.9. The Morgan fingerprint density at radius 1 is 0.892 bits per heavy atom. The maximum atomic E-state index is 13.7. The lowest BCUT2D eigenvalue weighted by atomic mass is 9.94. The van der Waals surface area contributed by atoms with Gasteiger partial charge in [-0.1, -0.05) is 6.07 Å². The van der Waals surface area contributed by atoms with E-state index in [1.54, 1.807) is 14.2 Å². The first-order chi connectivity index (χ1) is 17.7. The molecule has 1 aliphatic rings. The van der Waals surface area contributed by atoms with Gasteiger partial charge in [0.2, 0.25) is 5.91 Å². The number of methoxy groups -OCH3 is 2. The molecule has 8 heteroatoms. The van der Waals surface area contributed by atoms with Crippen molar-refractivity contribution in [2.45, 2.75) is 20.8 Å². The van der Waals surface area contributed by atoms with Crippen LogP contribution in [0.15, 0.2) is 54.6 Å². The van der Waals surface area contributed by atoms with Crippen LogP contribution >= 0.6 is 11.6 Å². The van der Waals surface area contributed by atoms with E-state index in [4.69, 9.17) is 21.1 Å². The third-order valence-electron chi connectivity index (χ3n) is 6.94. The van der Waals surface area contributed by atoms with Crippen molar-refractivity contribution >= 4 is 23.4 Å². The van der Waals surface area contributed by atoms with Crippen molar-refractivity contribution in [2.24, 2.45) is 5.41 Å².